The predicted molar refractivity (Wildman–Crippen MR) is 125 cm³/mol. The lowest BCUT2D eigenvalue weighted by Gasteiger charge is -2.33. The van der Waals surface area contributed by atoms with Gasteiger partial charge in [0.15, 0.2) is 0 Å². The summed E-state index contributed by atoms with van der Waals surface area (Å²) in [5.41, 5.74) is 2.69. The van der Waals surface area contributed by atoms with Crippen molar-refractivity contribution >= 4 is 11.5 Å². The number of carbonyl (C=O) groups excluding carboxylic acids is 1. The second kappa shape index (κ2) is 8.91. The Kier molecular flexibility index (Phi) is 5.81. The Balaban J connectivity index is 1.48. The molecule has 33 heavy (non-hydrogen) atoms. The van der Waals surface area contributed by atoms with Crippen molar-refractivity contribution in [3.8, 4) is 0 Å². The first kappa shape index (κ1) is 21.5. The fourth-order valence-corrected chi connectivity index (χ4v) is 5.13. The molecule has 5 heteroatoms. The quantitative estimate of drug-likeness (QED) is 0.583. The summed E-state index contributed by atoms with van der Waals surface area (Å²) in [6, 6.07) is 23.0. The molecule has 0 aliphatic carbocycles. The molecule has 1 N–H and O–H groups in total. The molecule has 2 aliphatic rings. The summed E-state index contributed by atoms with van der Waals surface area (Å²) in [6.07, 6.45) is 3.14. The molecule has 0 spiro atoms. The zero-order valence-corrected chi connectivity index (χ0v) is 18.3. The first-order chi connectivity index (χ1) is 16.1. The highest BCUT2D eigenvalue weighted by Gasteiger charge is 2.41. The van der Waals surface area contributed by atoms with Crippen LogP contribution in [0.3, 0.4) is 0 Å². The van der Waals surface area contributed by atoms with E-state index in [1.54, 1.807) is 4.90 Å². The molecule has 2 heterocycles. The van der Waals surface area contributed by atoms with Gasteiger partial charge in [-0.2, -0.15) is 0 Å². The zero-order chi connectivity index (χ0) is 22.8. The van der Waals surface area contributed by atoms with Gasteiger partial charge >= 0.3 is 0 Å². The van der Waals surface area contributed by atoms with Crippen molar-refractivity contribution in [2.45, 2.75) is 24.3 Å². The second-order valence-electron chi connectivity index (χ2n) is 8.94. The van der Waals surface area contributed by atoms with E-state index in [1.165, 1.54) is 6.07 Å². The Hall–Kier alpha value is -3.31. The molecule has 3 nitrogen and oxygen atoms in total. The summed E-state index contributed by atoms with van der Waals surface area (Å²) >= 11 is 0. The van der Waals surface area contributed by atoms with Gasteiger partial charge in [-0.15, -0.1) is 0 Å². The van der Waals surface area contributed by atoms with Crippen molar-refractivity contribution in [1.82, 2.24) is 10.2 Å². The number of rotatable bonds is 5. The van der Waals surface area contributed by atoms with Crippen LogP contribution >= 0.6 is 0 Å². The molecule has 2 aliphatic heterocycles. The minimum atomic E-state index is -0.492. The van der Waals surface area contributed by atoms with Crippen molar-refractivity contribution in [2.75, 3.05) is 19.6 Å². The molecule has 1 amide bonds. The van der Waals surface area contributed by atoms with Crippen LogP contribution in [0, 0.1) is 11.6 Å². The third-order valence-corrected chi connectivity index (χ3v) is 6.89. The van der Waals surface area contributed by atoms with Crippen LogP contribution in [0.4, 0.5) is 8.78 Å². The smallest absolute Gasteiger partial charge is 0.224 e. The van der Waals surface area contributed by atoms with E-state index in [-0.39, 0.29) is 29.5 Å². The van der Waals surface area contributed by atoms with E-state index in [2.05, 4.69) is 17.4 Å². The number of carbonyl (C=O) groups is 1. The molecule has 3 aromatic rings. The van der Waals surface area contributed by atoms with Gasteiger partial charge in [-0.05, 0) is 47.9 Å². The first-order valence-corrected chi connectivity index (χ1v) is 11.3. The lowest BCUT2D eigenvalue weighted by molar-refractivity contribution is -0.133. The molecule has 0 saturated carbocycles. The Morgan fingerprint density at radius 1 is 1.00 bits per heavy atom. The van der Waals surface area contributed by atoms with Gasteiger partial charge in [0.2, 0.25) is 5.91 Å². The van der Waals surface area contributed by atoms with Crippen LogP contribution in [-0.2, 0) is 10.2 Å². The van der Waals surface area contributed by atoms with E-state index in [0.29, 0.717) is 12.0 Å². The summed E-state index contributed by atoms with van der Waals surface area (Å²) in [5, 5.41) is 3.42. The number of halogens is 2. The fourth-order valence-electron chi connectivity index (χ4n) is 5.13. The molecule has 0 aromatic heterocycles. The van der Waals surface area contributed by atoms with E-state index < -0.39 is 11.6 Å². The number of nitrogens with zero attached hydrogens (tertiary/aromatic N) is 1. The SMILES string of the molecule is O=C(CC1(c2ccccc2)CCNC1)N1CC(c2cc(F)ccc2F)=CC1c1ccccc1. The topological polar surface area (TPSA) is 32.3 Å². The summed E-state index contributed by atoms with van der Waals surface area (Å²) in [4.78, 5) is 15.6. The normalized spacial score (nSPS) is 22.4. The first-order valence-electron chi connectivity index (χ1n) is 11.3. The van der Waals surface area contributed by atoms with Crippen LogP contribution in [0.25, 0.3) is 5.57 Å². The van der Waals surface area contributed by atoms with Gasteiger partial charge < -0.3 is 10.2 Å². The molecule has 2 unspecified atom stereocenters. The third-order valence-electron chi connectivity index (χ3n) is 6.89. The molecule has 1 fully saturated rings. The minimum absolute atomic E-state index is 0.0134. The van der Waals surface area contributed by atoms with Crippen molar-refractivity contribution in [2.24, 2.45) is 0 Å². The molecular formula is C28H26F2N2O. The number of hydrogen-bond acceptors (Lipinski definition) is 2. The molecule has 2 atom stereocenters. The second-order valence-corrected chi connectivity index (χ2v) is 8.94. The Morgan fingerprint density at radius 2 is 1.73 bits per heavy atom. The van der Waals surface area contributed by atoms with Gasteiger partial charge in [-0.1, -0.05) is 66.7 Å². The molecule has 168 valence electrons. The van der Waals surface area contributed by atoms with Gasteiger partial charge in [-0.3, -0.25) is 4.79 Å². The van der Waals surface area contributed by atoms with Crippen molar-refractivity contribution < 1.29 is 13.6 Å². The van der Waals surface area contributed by atoms with E-state index in [9.17, 15) is 13.6 Å². The van der Waals surface area contributed by atoms with E-state index in [4.69, 9.17) is 0 Å². The summed E-state index contributed by atoms with van der Waals surface area (Å²) in [5.74, 6) is -0.961. The number of amides is 1. The minimum Gasteiger partial charge on any atom is -0.328 e. The Morgan fingerprint density at radius 3 is 2.42 bits per heavy atom. The summed E-state index contributed by atoms with van der Waals surface area (Å²) in [6.45, 7) is 1.85. The standard InChI is InChI=1S/C28H26F2N2O/c29-23-11-12-25(30)24(16-23)21-15-26(20-7-3-1-4-8-20)32(18-21)27(33)17-28(13-14-31-19-28)22-9-5-2-6-10-22/h1-12,15-16,26,31H,13-14,17-19H2. The average Bonchev–Trinajstić information content (AvgIpc) is 3.50. The maximum absolute atomic E-state index is 14.6. The maximum Gasteiger partial charge on any atom is 0.224 e. The van der Waals surface area contributed by atoms with Crippen LogP contribution in [0.2, 0.25) is 0 Å². The number of hydrogen-bond donors (Lipinski definition) is 1. The number of nitrogens with one attached hydrogen (secondary N) is 1. The van der Waals surface area contributed by atoms with Gasteiger partial charge in [0.25, 0.3) is 0 Å². The molecule has 1 saturated heterocycles. The zero-order valence-electron chi connectivity index (χ0n) is 18.3. The van der Waals surface area contributed by atoms with Crippen LogP contribution < -0.4 is 5.32 Å². The van der Waals surface area contributed by atoms with Crippen LogP contribution in [-0.4, -0.2) is 30.4 Å². The molecule has 0 bridgehead atoms. The van der Waals surface area contributed by atoms with Gasteiger partial charge in [0.1, 0.15) is 11.6 Å². The van der Waals surface area contributed by atoms with Gasteiger partial charge in [0, 0.05) is 30.5 Å². The lowest BCUT2D eigenvalue weighted by Crippen LogP contribution is -2.39. The van der Waals surface area contributed by atoms with E-state index in [0.717, 1.165) is 42.8 Å². The highest BCUT2D eigenvalue weighted by atomic mass is 19.1. The molecular weight excluding hydrogens is 418 g/mol. The number of benzene rings is 3. The highest BCUT2D eigenvalue weighted by Crippen LogP contribution is 2.40. The Labute approximate surface area is 192 Å². The van der Waals surface area contributed by atoms with Crippen LogP contribution in [0.1, 0.15) is 35.6 Å². The van der Waals surface area contributed by atoms with E-state index in [1.807, 2.05) is 54.6 Å². The largest absolute Gasteiger partial charge is 0.328 e. The fraction of sp³-hybridized carbons (Fsp3) is 0.250. The van der Waals surface area contributed by atoms with Crippen molar-refractivity contribution in [1.29, 1.82) is 0 Å². The monoisotopic (exact) mass is 444 g/mol. The van der Waals surface area contributed by atoms with E-state index >= 15 is 0 Å². The summed E-state index contributed by atoms with van der Waals surface area (Å²) < 4.78 is 28.5. The van der Waals surface area contributed by atoms with Crippen LogP contribution in [0.5, 0.6) is 0 Å². The van der Waals surface area contributed by atoms with Crippen molar-refractivity contribution in [3.05, 3.63) is 113 Å². The van der Waals surface area contributed by atoms with Crippen LogP contribution in [0.15, 0.2) is 84.9 Å². The van der Waals surface area contributed by atoms with Gasteiger partial charge in [0.05, 0.1) is 6.04 Å². The van der Waals surface area contributed by atoms with Gasteiger partial charge in [-0.25, -0.2) is 8.78 Å². The third kappa shape index (κ3) is 4.21. The maximum atomic E-state index is 14.6. The Bertz CT molecular complexity index is 1170. The lowest BCUT2D eigenvalue weighted by atomic mass is 9.76. The summed E-state index contributed by atoms with van der Waals surface area (Å²) in [7, 11) is 0. The molecule has 5 rings (SSSR count). The molecule has 0 radical (unpaired) electrons. The average molecular weight is 445 g/mol. The highest BCUT2D eigenvalue weighted by molar-refractivity contribution is 5.84. The molecule has 3 aromatic carbocycles. The predicted octanol–water partition coefficient (Wildman–Crippen LogP) is 5.25. The van der Waals surface area contributed by atoms with Crippen molar-refractivity contribution in [3.63, 3.8) is 0 Å².